The third-order valence-electron chi connectivity index (χ3n) is 5.09. The number of anilines is 1. The molecule has 0 bridgehead atoms. The molecule has 10 heteroatoms. The van der Waals surface area contributed by atoms with Gasteiger partial charge in [0.15, 0.2) is 16.6 Å². The molecule has 6 nitrogen and oxygen atoms in total. The predicted octanol–water partition coefficient (Wildman–Crippen LogP) is 5.66. The zero-order valence-electron chi connectivity index (χ0n) is 18.2. The summed E-state index contributed by atoms with van der Waals surface area (Å²) in [5, 5.41) is 2.86. The largest absolute Gasteiger partial charge is 0.493 e. The second-order valence-electron chi connectivity index (χ2n) is 7.35. The summed E-state index contributed by atoms with van der Waals surface area (Å²) in [5.41, 5.74) is 1.10. The van der Waals surface area contributed by atoms with E-state index in [1.165, 1.54) is 31.4 Å². The van der Waals surface area contributed by atoms with Crippen LogP contribution in [0.2, 0.25) is 5.02 Å². The number of nitrogens with one attached hydrogen (secondary N) is 1. The minimum Gasteiger partial charge on any atom is -0.493 e. The summed E-state index contributed by atoms with van der Waals surface area (Å²) >= 11 is 14.5. The number of carbonyl (C=O) groups excluding carboxylic acids is 2. The SMILES string of the molecule is COc1cc(/C=C2\C(=O)NC(=S)N(c3ccccc3F)C2=O)c(Br)cc1OCc1ccc(Cl)cc1. The number of amides is 2. The van der Waals surface area contributed by atoms with Crippen LogP contribution in [0.5, 0.6) is 11.5 Å². The number of hydrogen-bond donors (Lipinski definition) is 1. The topological polar surface area (TPSA) is 67.9 Å². The summed E-state index contributed by atoms with van der Waals surface area (Å²) < 4.78 is 26.3. The van der Waals surface area contributed by atoms with Crippen LogP contribution in [0, 0.1) is 5.82 Å². The first kappa shape index (κ1) is 24.8. The van der Waals surface area contributed by atoms with Gasteiger partial charge >= 0.3 is 0 Å². The van der Waals surface area contributed by atoms with Gasteiger partial charge in [-0.3, -0.25) is 14.9 Å². The van der Waals surface area contributed by atoms with E-state index < -0.39 is 17.6 Å². The normalized spacial score (nSPS) is 14.8. The fraction of sp³-hybridized carbons (Fsp3) is 0.0800. The fourth-order valence-electron chi connectivity index (χ4n) is 3.34. The standard InChI is InChI=1S/C25H17BrClFN2O4S/c1-33-21-11-15(18(26)12-22(21)34-13-14-6-8-16(27)9-7-14)10-17-23(31)29-25(35)30(24(17)32)20-5-3-2-4-19(20)28/h2-12H,13H2,1H3,(H,29,31,35)/b17-10+. The number of carbonyl (C=O) groups is 2. The molecule has 0 saturated carbocycles. The van der Waals surface area contributed by atoms with Crippen LogP contribution in [-0.2, 0) is 16.2 Å². The van der Waals surface area contributed by atoms with Crippen molar-refractivity contribution in [1.82, 2.24) is 5.32 Å². The quantitative estimate of drug-likeness (QED) is 0.233. The summed E-state index contributed by atoms with van der Waals surface area (Å²) in [6.07, 6.45) is 1.38. The highest BCUT2D eigenvalue weighted by Gasteiger charge is 2.35. The lowest BCUT2D eigenvalue weighted by molar-refractivity contribution is -0.122. The molecule has 0 aliphatic carbocycles. The van der Waals surface area contributed by atoms with Gasteiger partial charge in [0.1, 0.15) is 18.0 Å². The summed E-state index contributed by atoms with van der Waals surface area (Å²) in [6, 6.07) is 16.2. The van der Waals surface area contributed by atoms with E-state index in [4.69, 9.17) is 33.3 Å². The number of halogens is 3. The van der Waals surface area contributed by atoms with Gasteiger partial charge in [0.2, 0.25) is 0 Å². The molecule has 1 N–H and O–H groups in total. The van der Waals surface area contributed by atoms with Crippen molar-refractivity contribution in [3.63, 3.8) is 0 Å². The summed E-state index contributed by atoms with van der Waals surface area (Å²) in [6.45, 7) is 0.274. The lowest BCUT2D eigenvalue weighted by atomic mass is 10.1. The first-order chi connectivity index (χ1) is 16.8. The number of hydrogen-bond acceptors (Lipinski definition) is 5. The molecule has 35 heavy (non-hydrogen) atoms. The second-order valence-corrected chi connectivity index (χ2v) is 9.03. The molecule has 3 aromatic rings. The van der Waals surface area contributed by atoms with Gasteiger partial charge in [0.25, 0.3) is 11.8 Å². The van der Waals surface area contributed by atoms with Crippen molar-refractivity contribution in [3.8, 4) is 11.5 Å². The van der Waals surface area contributed by atoms with Gasteiger partial charge in [-0.1, -0.05) is 51.8 Å². The van der Waals surface area contributed by atoms with E-state index in [1.54, 1.807) is 30.3 Å². The van der Waals surface area contributed by atoms with Gasteiger partial charge in [-0.2, -0.15) is 0 Å². The number of nitrogens with zero attached hydrogens (tertiary/aromatic N) is 1. The molecule has 0 unspecified atom stereocenters. The predicted molar refractivity (Wildman–Crippen MR) is 139 cm³/mol. The van der Waals surface area contributed by atoms with Gasteiger partial charge in [-0.05, 0) is 65.8 Å². The lowest BCUT2D eigenvalue weighted by Gasteiger charge is -2.29. The van der Waals surface area contributed by atoms with Gasteiger partial charge in [-0.15, -0.1) is 0 Å². The van der Waals surface area contributed by atoms with E-state index in [1.807, 2.05) is 12.1 Å². The smallest absolute Gasteiger partial charge is 0.270 e. The Balaban J connectivity index is 1.65. The highest BCUT2D eigenvalue weighted by molar-refractivity contribution is 9.10. The van der Waals surface area contributed by atoms with Crippen LogP contribution in [0.3, 0.4) is 0 Å². The molecule has 1 fully saturated rings. The highest BCUT2D eigenvalue weighted by Crippen LogP contribution is 2.36. The molecule has 1 aliphatic heterocycles. The van der Waals surface area contributed by atoms with Crippen molar-refractivity contribution < 1.29 is 23.5 Å². The zero-order chi connectivity index (χ0) is 25.1. The number of ether oxygens (including phenoxy) is 2. The molecular formula is C25H17BrClFN2O4S. The van der Waals surface area contributed by atoms with Crippen molar-refractivity contribution >= 4 is 68.4 Å². The number of thiocarbonyl (C=S) groups is 1. The summed E-state index contributed by atoms with van der Waals surface area (Å²) in [4.78, 5) is 26.7. The monoisotopic (exact) mass is 574 g/mol. The van der Waals surface area contributed by atoms with E-state index in [9.17, 15) is 14.0 Å². The zero-order valence-corrected chi connectivity index (χ0v) is 21.3. The first-order valence-corrected chi connectivity index (χ1v) is 11.8. The van der Waals surface area contributed by atoms with Crippen LogP contribution in [0.25, 0.3) is 6.08 Å². The Hall–Kier alpha value is -3.27. The minimum absolute atomic E-state index is 0.0593. The second kappa shape index (κ2) is 10.6. The molecule has 3 aromatic carbocycles. The van der Waals surface area contributed by atoms with E-state index >= 15 is 0 Å². The van der Waals surface area contributed by atoms with Crippen LogP contribution in [0.4, 0.5) is 10.1 Å². The molecule has 2 amide bonds. The number of rotatable bonds is 6. The van der Waals surface area contributed by atoms with E-state index in [2.05, 4.69) is 21.2 Å². The Kier molecular flexibility index (Phi) is 7.49. The summed E-state index contributed by atoms with van der Waals surface area (Å²) in [5.74, 6) is -1.26. The number of para-hydroxylation sites is 1. The molecule has 0 atom stereocenters. The first-order valence-electron chi connectivity index (χ1n) is 10.2. The maximum absolute atomic E-state index is 14.4. The highest BCUT2D eigenvalue weighted by atomic mass is 79.9. The van der Waals surface area contributed by atoms with E-state index in [-0.39, 0.29) is 23.0 Å². The van der Waals surface area contributed by atoms with Crippen molar-refractivity contribution in [2.24, 2.45) is 0 Å². The Labute approximate surface area is 219 Å². The van der Waals surface area contributed by atoms with Crippen LogP contribution in [0.1, 0.15) is 11.1 Å². The number of benzene rings is 3. The molecule has 0 aromatic heterocycles. The molecule has 1 aliphatic rings. The molecule has 1 saturated heterocycles. The Bertz CT molecular complexity index is 1360. The van der Waals surface area contributed by atoms with Crippen LogP contribution >= 0.6 is 39.7 Å². The fourth-order valence-corrected chi connectivity index (χ4v) is 4.18. The van der Waals surface area contributed by atoms with Crippen molar-refractivity contribution in [1.29, 1.82) is 0 Å². The van der Waals surface area contributed by atoms with Crippen LogP contribution in [-0.4, -0.2) is 24.0 Å². The van der Waals surface area contributed by atoms with Gasteiger partial charge in [0.05, 0.1) is 12.8 Å². The maximum Gasteiger partial charge on any atom is 0.270 e. The third kappa shape index (κ3) is 5.37. The molecule has 0 spiro atoms. The van der Waals surface area contributed by atoms with Crippen molar-refractivity contribution in [2.75, 3.05) is 12.0 Å². The maximum atomic E-state index is 14.4. The molecule has 0 radical (unpaired) electrons. The Morgan fingerprint density at radius 1 is 1.11 bits per heavy atom. The van der Waals surface area contributed by atoms with Crippen molar-refractivity contribution in [2.45, 2.75) is 6.61 Å². The molecule has 178 valence electrons. The van der Waals surface area contributed by atoms with Crippen molar-refractivity contribution in [3.05, 3.63) is 92.7 Å². The molecule has 1 heterocycles. The Morgan fingerprint density at radius 2 is 1.83 bits per heavy atom. The van der Waals surface area contributed by atoms with Crippen LogP contribution < -0.4 is 19.7 Å². The van der Waals surface area contributed by atoms with E-state index in [0.717, 1.165) is 10.5 Å². The average molecular weight is 576 g/mol. The molecular weight excluding hydrogens is 559 g/mol. The average Bonchev–Trinajstić information content (AvgIpc) is 2.83. The van der Waals surface area contributed by atoms with E-state index in [0.29, 0.717) is 26.6 Å². The number of methoxy groups -OCH3 is 1. The Morgan fingerprint density at radius 3 is 2.51 bits per heavy atom. The van der Waals surface area contributed by atoms with Gasteiger partial charge in [0, 0.05) is 9.50 Å². The summed E-state index contributed by atoms with van der Waals surface area (Å²) in [7, 11) is 1.48. The van der Waals surface area contributed by atoms with Crippen LogP contribution in [0.15, 0.2) is 70.7 Å². The minimum atomic E-state index is -0.752. The lowest BCUT2D eigenvalue weighted by Crippen LogP contribution is -2.54. The molecule has 4 rings (SSSR count). The van der Waals surface area contributed by atoms with Gasteiger partial charge in [-0.25, -0.2) is 9.29 Å². The van der Waals surface area contributed by atoms with Gasteiger partial charge < -0.3 is 9.47 Å². The third-order valence-corrected chi connectivity index (χ3v) is 6.31.